The molecule has 224 valence electrons. The zero-order valence-electron chi connectivity index (χ0n) is 24.2. The summed E-state index contributed by atoms with van der Waals surface area (Å²) in [7, 11) is 0. The molecular weight excluding hydrogens is 544 g/mol. The van der Waals surface area contributed by atoms with Crippen LogP contribution >= 0.6 is 0 Å². The summed E-state index contributed by atoms with van der Waals surface area (Å²) in [5.41, 5.74) is 7.03. The van der Waals surface area contributed by atoms with Crippen LogP contribution in [0.2, 0.25) is 0 Å². The highest BCUT2D eigenvalue weighted by Gasteiger charge is 2.32. The van der Waals surface area contributed by atoms with Crippen molar-refractivity contribution >= 4 is 17.1 Å². The van der Waals surface area contributed by atoms with Crippen LogP contribution in [0.3, 0.4) is 0 Å². The zero-order chi connectivity index (χ0) is 30.3. The predicted molar refractivity (Wildman–Crippen MR) is 158 cm³/mol. The monoisotopic (exact) mass is 582 g/mol. The van der Waals surface area contributed by atoms with Crippen LogP contribution in [0.15, 0.2) is 60.7 Å². The number of aryl methyl sites for hydroxylation is 1. The molecule has 7 heteroatoms. The van der Waals surface area contributed by atoms with Gasteiger partial charge in [0.15, 0.2) is 0 Å². The van der Waals surface area contributed by atoms with Gasteiger partial charge in [-0.3, -0.25) is 4.39 Å². The largest absolute Gasteiger partial charge is 0.573 e. The molecule has 3 nitrogen and oxygen atoms in total. The highest BCUT2D eigenvalue weighted by atomic mass is 19.4. The van der Waals surface area contributed by atoms with Crippen molar-refractivity contribution in [1.82, 2.24) is 0 Å². The van der Waals surface area contributed by atoms with E-state index in [1.54, 1.807) is 25.1 Å². The topological polar surface area (TPSA) is 46.5 Å². The van der Waals surface area contributed by atoms with Crippen molar-refractivity contribution in [3.05, 3.63) is 99.6 Å². The lowest BCUT2D eigenvalue weighted by Crippen LogP contribution is -2.18. The van der Waals surface area contributed by atoms with E-state index in [9.17, 15) is 27.5 Å². The van der Waals surface area contributed by atoms with Gasteiger partial charge in [-0.05, 0) is 108 Å². The van der Waals surface area contributed by atoms with Gasteiger partial charge in [0.25, 0.3) is 0 Å². The molecule has 0 heterocycles. The molecule has 0 saturated heterocycles. The minimum Gasteiger partial charge on any atom is -0.478 e. The van der Waals surface area contributed by atoms with Gasteiger partial charge in [-0.25, -0.2) is 4.79 Å². The molecule has 0 saturated carbocycles. The number of hydrogen-bond acceptors (Lipinski definition) is 2. The molecule has 4 rings (SSSR count). The van der Waals surface area contributed by atoms with Crippen LogP contribution in [0.5, 0.6) is 5.75 Å². The van der Waals surface area contributed by atoms with Crippen LogP contribution in [-0.4, -0.2) is 24.1 Å². The highest BCUT2D eigenvalue weighted by molar-refractivity contribution is 6.01. The molecule has 0 fully saturated rings. The molecule has 1 N–H and O–H groups in total. The number of hydrogen-bond donors (Lipinski definition) is 1. The van der Waals surface area contributed by atoms with E-state index < -0.39 is 12.3 Å². The van der Waals surface area contributed by atoms with E-state index in [1.807, 2.05) is 12.1 Å². The second-order valence-corrected chi connectivity index (χ2v) is 11.1. The van der Waals surface area contributed by atoms with Gasteiger partial charge in [0.2, 0.25) is 0 Å². The Bertz CT molecular complexity index is 1410. The Labute approximate surface area is 245 Å². The Balaban J connectivity index is 1.78. The number of carboxylic acids is 1. The summed E-state index contributed by atoms with van der Waals surface area (Å²) in [5.74, 6) is -0.720. The summed E-state index contributed by atoms with van der Waals surface area (Å²) in [6.07, 6.45) is 2.74. The number of fused-ring (bicyclic) bond motifs is 1. The van der Waals surface area contributed by atoms with Crippen molar-refractivity contribution in [3.63, 3.8) is 0 Å². The number of carboxylic acid groups (broad SMARTS) is 1. The Hall–Kier alpha value is -3.61. The smallest absolute Gasteiger partial charge is 0.478 e. The lowest BCUT2D eigenvalue weighted by Gasteiger charge is -2.20. The lowest BCUT2D eigenvalue weighted by molar-refractivity contribution is -0.274. The first-order valence-electron chi connectivity index (χ1n) is 14.7. The Morgan fingerprint density at radius 2 is 1.74 bits per heavy atom. The van der Waals surface area contributed by atoms with Crippen LogP contribution in [0.25, 0.3) is 11.1 Å². The number of ether oxygens (including phenoxy) is 1. The minimum atomic E-state index is -4.80. The summed E-state index contributed by atoms with van der Waals surface area (Å²) in [6.45, 7) is 3.55. The van der Waals surface area contributed by atoms with E-state index in [0.717, 1.165) is 66.4 Å². The first kappa shape index (κ1) is 31.3. The average Bonchev–Trinajstić information content (AvgIpc) is 3.14. The van der Waals surface area contributed by atoms with Crippen LogP contribution in [-0.2, 0) is 12.8 Å². The van der Waals surface area contributed by atoms with Gasteiger partial charge in [0.05, 0.1) is 12.2 Å². The molecule has 42 heavy (non-hydrogen) atoms. The number of halogens is 4. The molecule has 3 aromatic rings. The first-order valence-corrected chi connectivity index (χ1v) is 14.7. The van der Waals surface area contributed by atoms with Gasteiger partial charge in [-0.2, -0.15) is 0 Å². The molecule has 1 atom stereocenters. The number of alkyl halides is 4. The summed E-state index contributed by atoms with van der Waals surface area (Å²) in [5, 5.41) is 9.60. The van der Waals surface area contributed by atoms with Gasteiger partial charge in [-0.15, -0.1) is 13.2 Å². The third-order valence-corrected chi connectivity index (χ3v) is 8.22. The van der Waals surface area contributed by atoms with E-state index in [-0.39, 0.29) is 18.0 Å². The fraction of sp³-hybridized carbons (Fsp3) is 0.400. The average molecular weight is 583 g/mol. The van der Waals surface area contributed by atoms with E-state index >= 15 is 0 Å². The maximum absolute atomic E-state index is 13.2. The third-order valence-electron chi connectivity index (χ3n) is 8.22. The van der Waals surface area contributed by atoms with Crippen LogP contribution in [0, 0.1) is 12.8 Å². The second kappa shape index (κ2) is 14.0. The Kier molecular flexibility index (Phi) is 10.5. The van der Waals surface area contributed by atoms with Crippen molar-refractivity contribution in [2.45, 2.75) is 78.0 Å². The van der Waals surface area contributed by atoms with Gasteiger partial charge < -0.3 is 9.84 Å². The highest BCUT2D eigenvalue weighted by Crippen LogP contribution is 2.43. The fourth-order valence-corrected chi connectivity index (χ4v) is 5.99. The van der Waals surface area contributed by atoms with Gasteiger partial charge in [0.1, 0.15) is 5.75 Å². The molecule has 1 aliphatic rings. The van der Waals surface area contributed by atoms with Gasteiger partial charge >= 0.3 is 12.3 Å². The maximum atomic E-state index is 13.2. The number of unbranched alkanes of at least 4 members (excludes halogenated alkanes) is 2. The standard InChI is InChI=1S/C35H38F4O3/c1-3-24(9-5-4-6-20-36)21-25-14-16-26(17-15-25)33-30-19-18-28(34(40)41)22-27(30)10-7-12-31(33)29-11-8-13-32(23(29)2)42-35(37,38)39/h8,11,13-19,22,24H,3-7,9-10,12,20-21H2,1-2H3,(H,40,41). The van der Waals surface area contributed by atoms with E-state index in [2.05, 4.69) is 35.9 Å². The molecular formula is C35H38F4O3. The molecule has 1 aliphatic carbocycles. The summed E-state index contributed by atoms with van der Waals surface area (Å²) < 4.78 is 56.3. The molecule has 1 unspecified atom stereocenters. The molecule has 0 bridgehead atoms. The third kappa shape index (κ3) is 7.81. The van der Waals surface area contributed by atoms with Crippen molar-refractivity contribution in [2.24, 2.45) is 5.92 Å². The van der Waals surface area contributed by atoms with Crippen LogP contribution < -0.4 is 4.74 Å². The fourth-order valence-electron chi connectivity index (χ4n) is 5.99. The van der Waals surface area contributed by atoms with Gasteiger partial charge in [0, 0.05) is 0 Å². The quantitative estimate of drug-likeness (QED) is 0.171. The van der Waals surface area contributed by atoms with Crippen molar-refractivity contribution < 1.29 is 32.2 Å². The van der Waals surface area contributed by atoms with Crippen LogP contribution in [0.4, 0.5) is 17.6 Å². The van der Waals surface area contributed by atoms with Crippen molar-refractivity contribution in [1.29, 1.82) is 0 Å². The Morgan fingerprint density at radius 1 is 0.976 bits per heavy atom. The number of aromatic carboxylic acids is 1. The summed E-state index contributed by atoms with van der Waals surface area (Å²) >= 11 is 0. The molecule has 3 aromatic carbocycles. The molecule has 0 spiro atoms. The molecule has 0 radical (unpaired) electrons. The van der Waals surface area contributed by atoms with E-state index in [0.29, 0.717) is 36.3 Å². The molecule has 0 amide bonds. The maximum Gasteiger partial charge on any atom is 0.573 e. The van der Waals surface area contributed by atoms with Gasteiger partial charge in [-0.1, -0.05) is 75.1 Å². The first-order chi connectivity index (χ1) is 20.1. The number of rotatable bonds is 12. The van der Waals surface area contributed by atoms with Crippen molar-refractivity contribution in [2.75, 3.05) is 6.67 Å². The summed E-state index contributed by atoms with van der Waals surface area (Å²) in [6, 6.07) is 18.2. The van der Waals surface area contributed by atoms with Crippen molar-refractivity contribution in [3.8, 4) is 5.75 Å². The predicted octanol–water partition coefficient (Wildman–Crippen LogP) is 9.99. The minimum absolute atomic E-state index is 0.209. The summed E-state index contributed by atoms with van der Waals surface area (Å²) in [4.78, 5) is 11.7. The lowest BCUT2D eigenvalue weighted by atomic mass is 9.85. The second-order valence-electron chi connectivity index (χ2n) is 11.1. The van der Waals surface area contributed by atoms with E-state index in [1.165, 1.54) is 11.6 Å². The number of benzene rings is 3. The number of carbonyl (C=O) groups is 1. The molecule has 0 aliphatic heterocycles. The number of allylic oxidation sites excluding steroid dienone is 1. The Morgan fingerprint density at radius 3 is 2.40 bits per heavy atom. The van der Waals surface area contributed by atoms with Crippen LogP contribution in [0.1, 0.15) is 95.6 Å². The normalized spacial score (nSPS) is 14.3. The van der Waals surface area contributed by atoms with E-state index in [4.69, 9.17) is 0 Å². The molecule has 0 aromatic heterocycles. The SMILES string of the molecule is CCC(CCCCCF)Cc1ccc(C2=C(c3cccc(OC(F)(F)F)c3C)CCCc3cc(C(=O)O)ccc32)cc1. The zero-order valence-corrected chi connectivity index (χ0v) is 24.2.